The fourth-order valence-electron chi connectivity index (χ4n) is 1.98. The number of hydrogen-bond donors (Lipinski definition) is 2. The standard InChI is InChI=1S/C11H21NO.C6H10O7S.2Na/c1-2-3-4-5-6-7-8-9-10-11(12)13;1-2-13-6(9)4(3-5(7)8)14(10,11)12;;/h2H,1,3-10H2,(H2,12,13);4H,2-3H2,1H3,(H,7,8)(H,10,11,12);;/q;;2*+1/p-2. The minimum Gasteiger partial charge on any atom is -0.862 e. The molecule has 0 aliphatic rings. The molecule has 9 nitrogen and oxygen atoms in total. The van der Waals surface area contributed by atoms with Crippen molar-refractivity contribution in [1.29, 1.82) is 5.41 Å². The molecule has 1 unspecified atom stereocenters. The Labute approximate surface area is 217 Å². The van der Waals surface area contributed by atoms with Crippen molar-refractivity contribution in [3.63, 3.8) is 0 Å². The van der Waals surface area contributed by atoms with Gasteiger partial charge in [0.05, 0.1) is 6.61 Å². The van der Waals surface area contributed by atoms with Crippen molar-refractivity contribution in [2.75, 3.05) is 6.61 Å². The molecule has 2 N–H and O–H groups in total. The molecule has 0 aliphatic carbocycles. The second-order valence-corrected chi connectivity index (χ2v) is 7.30. The van der Waals surface area contributed by atoms with Crippen molar-refractivity contribution in [3.8, 4) is 0 Å². The fourth-order valence-corrected chi connectivity index (χ4v) is 2.64. The first-order chi connectivity index (χ1) is 12.6. The van der Waals surface area contributed by atoms with Gasteiger partial charge < -0.3 is 25.2 Å². The molecule has 0 fully saturated rings. The number of aliphatic carboxylic acids is 1. The van der Waals surface area contributed by atoms with Crippen LogP contribution in [0.1, 0.15) is 64.7 Å². The third kappa shape index (κ3) is 26.0. The molecule has 0 aromatic carbocycles. The summed E-state index contributed by atoms with van der Waals surface area (Å²) in [5.41, 5.74) is 0. The predicted octanol–water partition coefficient (Wildman–Crippen LogP) is -5.42. The Kier molecular flexibility index (Phi) is 28.6. The van der Waals surface area contributed by atoms with Crippen LogP contribution in [0.25, 0.3) is 0 Å². The third-order valence-electron chi connectivity index (χ3n) is 3.32. The summed E-state index contributed by atoms with van der Waals surface area (Å²) in [6.07, 6.45) is 9.32. The van der Waals surface area contributed by atoms with Crippen molar-refractivity contribution >= 4 is 28.0 Å². The maximum Gasteiger partial charge on any atom is 1.00 e. The van der Waals surface area contributed by atoms with Crippen LogP contribution in [0.4, 0.5) is 0 Å². The Morgan fingerprint density at radius 2 is 1.59 bits per heavy atom. The van der Waals surface area contributed by atoms with Gasteiger partial charge in [-0.15, -0.1) is 6.58 Å². The van der Waals surface area contributed by atoms with E-state index >= 15 is 0 Å². The van der Waals surface area contributed by atoms with Gasteiger partial charge in [0.15, 0.2) is 5.25 Å². The Balaban J connectivity index is -0.000000202. The fraction of sp³-hybridized carbons (Fsp3) is 0.706. The van der Waals surface area contributed by atoms with Crippen LogP contribution in [0.2, 0.25) is 0 Å². The molecule has 0 heterocycles. The van der Waals surface area contributed by atoms with Crippen molar-refractivity contribution in [2.45, 2.75) is 70.0 Å². The second kappa shape index (κ2) is 22.7. The third-order valence-corrected chi connectivity index (χ3v) is 4.40. The van der Waals surface area contributed by atoms with Crippen LogP contribution in [-0.4, -0.2) is 42.7 Å². The quantitative estimate of drug-likeness (QED) is 0.0500. The maximum atomic E-state index is 10.9. The normalized spacial score (nSPS) is 10.8. The number of nitrogens with one attached hydrogen (secondary N) is 1. The molecule has 0 rings (SSSR count). The summed E-state index contributed by atoms with van der Waals surface area (Å²) in [5, 5.41) is 24.9. The van der Waals surface area contributed by atoms with Gasteiger partial charge in [0.2, 0.25) is 0 Å². The number of hydrogen-bond acceptors (Lipinski definition) is 8. The molecule has 29 heavy (non-hydrogen) atoms. The van der Waals surface area contributed by atoms with Gasteiger partial charge in [-0.1, -0.05) is 31.8 Å². The number of rotatable bonds is 14. The van der Waals surface area contributed by atoms with Gasteiger partial charge in [-0.05, 0) is 38.5 Å². The zero-order valence-electron chi connectivity index (χ0n) is 17.6. The molecule has 0 radical (unpaired) electrons. The van der Waals surface area contributed by atoms with E-state index in [1.165, 1.54) is 32.6 Å². The van der Waals surface area contributed by atoms with Crippen molar-refractivity contribution in [3.05, 3.63) is 12.7 Å². The second-order valence-electron chi connectivity index (χ2n) is 5.70. The summed E-state index contributed by atoms with van der Waals surface area (Å²) >= 11 is 0. The van der Waals surface area contributed by atoms with Crippen molar-refractivity contribution < 1.29 is 96.6 Å². The number of allylic oxidation sites excluding steroid dienone is 1. The van der Waals surface area contributed by atoms with Crippen LogP contribution >= 0.6 is 0 Å². The molecule has 158 valence electrons. The van der Waals surface area contributed by atoms with Gasteiger partial charge in [0.1, 0.15) is 0 Å². The molecule has 0 amide bonds. The number of carbonyl (C=O) groups is 2. The van der Waals surface area contributed by atoms with Gasteiger partial charge in [-0.3, -0.25) is 9.35 Å². The molecule has 0 bridgehead atoms. The monoisotopic (exact) mass is 453 g/mol. The molecular weight excluding hydrogens is 424 g/mol. The molecule has 12 heteroatoms. The minimum absolute atomic E-state index is 0. The molecule has 1 atom stereocenters. The molecule has 0 spiro atoms. The summed E-state index contributed by atoms with van der Waals surface area (Å²) in [6, 6.07) is 0. The van der Waals surface area contributed by atoms with Crippen LogP contribution in [0.5, 0.6) is 0 Å². The topological polar surface area (TPSA) is 168 Å². The molecule has 0 saturated carbocycles. The van der Waals surface area contributed by atoms with Gasteiger partial charge in [0.25, 0.3) is 10.1 Å². The smallest absolute Gasteiger partial charge is 0.862 e. The van der Waals surface area contributed by atoms with Crippen LogP contribution in [0.3, 0.4) is 0 Å². The zero-order valence-corrected chi connectivity index (χ0v) is 22.5. The van der Waals surface area contributed by atoms with E-state index in [2.05, 4.69) is 11.3 Å². The number of carboxylic acids is 1. The Bertz CT molecular complexity index is 570. The number of ether oxygens (including phenoxy) is 1. The van der Waals surface area contributed by atoms with E-state index < -0.39 is 39.6 Å². The van der Waals surface area contributed by atoms with Gasteiger partial charge in [0, 0.05) is 12.4 Å². The van der Waals surface area contributed by atoms with E-state index in [0.717, 1.165) is 19.3 Å². The van der Waals surface area contributed by atoms with Crippen molar-refractivity contribution in [2.24, 2.45) is 0 Å². The Hall–Kier alpha value is 0.0600. The van der Waals surface area contributed by atoms with E-state index in [0.29, 0.717) is 6.42 Å². The molecule has 0 aliphatic heterocycles. The first-order valence-corrected chi connectivity index (χ1v) is 10.2. The maximum absolute atomic E-state index is 10.9. The average Bonchev–Trinajstić information content (AvgIpc) is 2.54. The molecular formula is C17H29NNa2O8S. The van der Waals surface area contributed by atoms with Gasteiger partial charge in [-0.2, -0.15) is 8.42 Å². The van der Waals surface area contributed by atoms with Crippen LogP contribution in [0.15, 0.2) is 12.7 Å². The van der Waals surface area contributed by atoms with E-state index in [4.69, 9.17) is 9.96 Å². The van der Waals surface area contributed by atoms with Gasteiger partial charge in [-0.25, -0.2) is 0 Å². The van der Waals surface area contributed by atoms with Crippen molar-refractivity contribution in [1.82, 2.24) is 0 Å². The van der Waals surface area contributed by atoms with Crippen LogP contribution in [-0.2, 0) is 24.4 Å². The van der Waals surface area contributed by atoms with Crippen LogP contribution in [0, 0.1) is 5.41 Å². The summed E-state index contributed by atoms with van der Waals surface area (Å²) < 4.78 is 33.9. The zero-order chi connectivity index (χ0) is 21.3. The van der Waals surface area contributed by atoms with E-state index in [9.17, 15) is 28.2 Å². The Morgan fingerprint density at radius 1 is 1.10 bits per heavy atom. The summed E-state index contributed by atoms with van der Waals surface area (Å²) in [7, 11) is -4.78. The minimum atomic E-state index is -4.78. The number of carbonyl (C=O) groups excluding carboxylic acids is 2. The average molecular weight is 453 g/mol. The van der Waals surface area contributed by atoms with E-state index in [1.807, 2.05) is 6.08 Å². The van der Waals surface area contributed by atoms with E-state index in [1.54, 1.807) is 0 Å². The summed E-state index contributed by atoms with van der Waals surface area (Å²) in [4.78, 5) is 20.9. The van der Waals surface area contributed by atoms with E-state index in [-0.39, 0.29) is 65.7 Å². The van der Waals surface area contributed by atoms with Gasteiger partial charge >= 0.3 is 65.1 Å². The first-order valence-electron chi connectivity index (χ1n) is 8.74. The summed E-state index contributed by atoms with van der Waals surface area (Å²) in [5.74, 6) is -3.49. The Morgan fingerprint density at radius 3 is 1.97 bits per heavy atom. The first kappa shape index (κ1) is 36.4. The number of unbranched alkanes of at least 4 members (excludes halogenated alkanes) is 6. The predicted molar refractivity (Wildman–Crippen MR) is 96.5 cm³/mol. The number of esters is 1. The number of carboxylic acid groups (broad SMARTS) is 1. The SMILES string of the molecule is C=CCCCCCCCCC(=N)[O-].CCOC(=O)C(CC(=O)[O-])S(=O)(=O)O.[Na+].[Na+]. The molecule has 0 aromatic heterocycles. The molecule has 0 aromatic rings. The summed E-state index contributed by atoms with van der Waals surface area (Å²) in [6.45, 7) is 4.97. The molecule has 0 saturated heterocycles. The largest absolute Gasteiger partial charge is 1.00 e. The van der Waals surface area contributed by atoms with Crippen LogP contribution < -0.4 is 69.3 Å².